The Kier molecular flexibility index (Phi) is 8.96. The number of hydrogen-bond donors (Lipinski definition) is 1. The van der Waals surface area contributed by atoms with E-state index in [-0.39, 0.29) is 42.6 Å². The standard InChI is InChI=1S/C18H22FN3OS.2ClH/c1-12-6-14(9-20)10-22(12)18(23)8-16-11-24-17(21-16)7-13-2-4-15(19)5-3-13;;/h2-5,11-12,14H,6-10,20H2,1H3;2*1H. The van der Waals surface area contributed by atoms with E-state index in [9.17, 15) is 9.18 Å². The summed E-state index contributed by atoms with van der Waals surface area (Å²) in [6.45, 7) is 3.46. The van der Waals surface area contributed by atoms with Gasteiger partial charge in [0.2, 0.25) is 5.91 Å². The topological polar surface area (TPSA) is 59.2 Å². The van der Waals surface area contributed by atoms with Crippen LogP contribution in [0.15, 0.2) is 29.6 Å². The van der Waals surface area contributed by atoms with E-state index in [0.717, 1.165) is 29.2 Å². The smallest absolute Gasteiger partial charge is 0.228 e. The zero-order chi connectivity index (χ0) is 17.1. The molecule has 2 N–H and O–H groups in total. The van der Waals surface area contributed by atoms with E-state index in [1.807, 2.05) is 10.3 Å². The van der Waals surface area contributed by atoms with Gasteiger partial charge in [-0.25, -0.2) is 9.37 Å². The fraction of sp³-hybridized carbons (Fsp3) is 0.444. The van der Waals surface area contributed by atoms with Crippen LogP contribution in [0.2, 0.25) is 0 Å². The van der Waals surface area contributed by atoms with Gasteiger partial charge in [-0.1, -0.05) is 12.1 Å². The molecular weight excluding hydrogens is 396 g/mol. The SMILES string of the molecule is CC1CC(CN)CN1C(=O)Cc1csc(Cc2ccc(F)cc2)n1.Cl.Cl. The van der Waals surface area contributed by atoms with Crippen molar-refractivity contribution in [2.75, 3.05) is 13.1 Å². The first-order chi connectivity index (χ1) is 11.5. The number of hydrogen-bond acceptors (Lipinski definition) is 4. The second-order valence-electron chi connectivity index (χ2n) is 6.45. The number of aromatic nitrogens is 1. The molecule has 2 heterocycles. The summed E-state index contributed by atoms with van der Waals surface area (Å²) in [4.78, 5) is 19.0. The Balaban J connectivity index is 0.00000169. The molecule has 0 bridgehead atoms. The largest absolute Gasteiger partial charge is 0.339 e. The molecule has 1 aliphatic rings. The molecule has 1 fully saturated rings. The van der Waals surface area contributed by atoms with E-state index in [2.05, 4.69) is 11.9 Å². The Morgan fingerprint density at radius 2 is 2.04 bits per heavy atom. The van der Waals surface area contributed by atoms with E-state index < -0.39 is 0 Å². The molecule has 144 valence electrons. The van der Waals surface area contributed by atoms with Crippen molar-refractivity contribution in [1.82, 2.24) is 9.88 Å². The van der Waals surface area contributed by atoms with E-state index in [0.29, 0.717) is 25.3 Å². The molecule has 0 aliphatic carbocycles. The second kappa shape index (κ2) is 10.2. The molecule has 2 aromatic rings. The van der Waals surface area contributed by atoms with Crippen LogP contribution in [0, 0.1) is 11.7 Å². The molecule has 2 unspecified atom stereocenters. The number of benzene rings is 1. The minimum Gasteiger partial charge on any atom is -0.339 e. The quantitative estimate of drug-likeness (QED) is 0.806. The summed E-state index contributed by atoms with van der Waals surface area (Å²) in [5, 5.41) is 2.89. The van der Waals surface area contributed by atoms with Crippen molar-refractivity contribution in [2.45, 2.75) is 32.2 Å². The third kappa shape index (κ3) is 5.64. The van der Waals surface area contributed by atoms with Crippen LogP contribution in [0.4, 0.5) is 4.39 Å². The average Bonchev–Trinajstić information content (AvgIpc) is 3.16. The molecule has 1 saturated heterocycles. The van der Waals surface area contributed by atoms with Crippen molar-refractivity contribution in [3.63, 3.8) is 0 Å². The monoisotopic (exact) mass is 419 g/mol. The first-order valence-electron chi connectivity index (χ1n) is 8.22. The first kappa shape index (κ1) is 22.8. The third-order valence-corrected chi connectivity index (χ3v) is 5.41. The highest BCUT2D eigenvalue weighted by molar-refractivity contribution is 7.09. The number of amides is 1. The lowest BCUT2D eigenvalue weighted by Gasteiger charge is -2.21. The van der Waals surface area contributed by atoms with Crippen LogP contribution in [-0.4, -0.2) is 34.9 Å². The van der Waals surface area contributed by atoms with Gasteiger partial charge in [0, 0.05) is 24.4 Å². The van der Waals surface area contributed by atoms with Crippen molar-refractivity contribution >= 4 is 42.1 Å². The van der Waals surface area contributed by atoms with Crippen molar-refractivity contribution in [3.8, 4) is 0 Å². The maximum absolute atomic E-state index is 12.9. The van der Waals surface area contributed by atoms with Gasteiger partial charge in [0.15, 0.2) is 0 Å². The number of likely N-dealkylation sites (tertiary alicyclic amines) is 1. The zero-order valence-corrected chi connectivity index (χ0v) is 17.0. The molecule has 1 amide bonds. The van der Waals surface area contributed by atoms with E-state index in [1.54, 1.807) is 23.5 Å². The fourth-order valence-electron chi connectivity index (χ4n) is 3.21. The predicted molar refractivity (Wildman–Crippen MR) is 108 cm³/mol. The first-order valence-corrected chi connectivity index (χ1v) is 9.10. The van der Waals surface area contributed by atoms with Gasteiger partial charge in [-0.3, -0.25) is 4.79 Å². The normalized spacial score (nSPS) is 19.0. The van der Waals surface area contributed by atoms with Crippen LogP contribution in [-0.2, 0) is 17.6 Å². The Hall–Kier alpha value is -1.21. The third-order valence-electron chi connectivity index (χ3n) is 4.52. The van der Waals surface area contributed by atoms with Crippen molar-refractivity contribution < 1.29 is 9.18 Å². The molecule has 1 aromatic carbocycles. The number of carbonyl (C=O) groups excluding carboxylic acids is 1. The fourth-order valence-corrected chi connectivity index (χ4v) is 4.03. The number of carbonyl (C=O) groups is 1. The summed E-state index contributed by atoms with van der Waals surface area (Å²) in [5.41, 5.74) is 7.55. The molecule has 0 saturated carbocycles. The Morgan fingerprint density at radius 1 is 1.35 bits per heavy atom. The molecule has 0 spiro atoms. The molecule has 1 aromatic heterocycles. The summed E-state index contributed by atoms with van der Waals surface area (Å²) in [5.74, 6) is 0.296. The lowest BCUT2D eigenvalue weighted by atomic mass is 10.1. The minimum absolute atomic E-state index is 0. The van der Waals surface area contributed by atoms with Crippen molar-refractivity contribution in [2.24, 2.45) is 11.7 Å². The molecule has 1 aliphatic heterocycles. The van der Waals surface area contributed by atoms with Gasteiger partial charge in [0.25, 0.3) is 0 Å². The number of nitrogens with two attached hydrogens (primary N) is 1. The van der Waals surface area contributed by atoms with Gasteiger partial charge in [-0.15, -0.1) is 36.2 Å². The summed E-state index contributed by atoms with van der Waals surface area (Å²) in [6.07, 6.45) is 1.98. The van der Waals surface area contributed by atoms with Crippen molar-refractivity contribution in [1.29, 1.82) is 0 Å². The Bertz CT molecular complexity index is 711. The van der Waals surface area contributed by atoms with E-state index in [4.69, 9.17) is 5.73 Å². The van der Waals surface area contributed by atoms with Crippen LogP contribution in [0.5, 0.6) is 0 Å². The van der Waals surface area contributed by atoms with Gasteiger partial charge in [0.1, 0.15) is 5.82 Å². The van der Waals surface area contributed by atoms with Gasteiger partial charge in [0.05, 0.1) is 17.1 Å². The van der Waals surface area contributed by atoms with Gasteiger partial charge >= 0.3 is 0 Å². The Morgan fingerprint density at radius 3 is 2.65 bits per heavy atom. The molecule has 0 radical (unpaired) electrons. The van der Waals surface area contributed by atoms with E-state index >= 15 is 0 Å². The highest BCUT2D eigenvalue weighted by Crippen LogP contribution is 2.23. The average molecular weight is 420 g/mol. The number of thiazole rings is 1. The van der Waals surface area contributed by atoms with Gasteiger partial charge in [-0.05, 0) is 43.5 Å². The molecular formula is C18H24Cl2FN3OS. The predicted octanol–water partition coefficient (Wildman–Crippen LogP) is 3.45. The maximum atomic E-state index is 12.9. The Labute approximate surface area is 169 Å². The van der Waals surface area contributed by atoms with Crippen molar-refractivity contribution in [3.05, 3.63) is 51.7 Å². The highest BCUT2D eigenvalue weighted by atomic mass is 35.5. The summed E-state index contributed by atoms with van der Waals surface area (Å²) in [7, 11) is 0. The molecule has 2 atom stereocenters. The number of nitrogens with zero attached hydrogens (tertiary/aromatic N) is 2. The van der Waals surface area contributed by atoms with Crippen LogP contribution >= 0.6 is 36.2 Å². The number of rotatable bonds is 5. The summed E-state index contributed by atoms with van der Waals surface area (Å²) < 4.78 is 12.9. The van der Waals surface area contributed by atoms with Crippen LogP contribution in [0.1, 0.15) is 29.6 Å². The lowest BCUT2D eigenvalue weighted by Crippen LogP contribution is -2.35. The number of halogens is 3. The minimum atomic E-state index is -0.236. The maximum Gasteiger partial charge on any atom is 0.228 e. The molecule has 4 nitrogen and oxygen atoms in total. The highest BCUT2D eigenvalue weighted by Gasteiger charge is 2.31. The molecule has 8 heteroatoms. The van der Waals surface area contributed by atoms with E-state index in [1.165, 1.54) is 12.1 Å². The van der Waals surface area contributed by atoms with Crippen LogP contribution < -0.4 is 5.73 Å². The van der Waals surface area contributed by atoms with Crippen LogP contribution in [0.25, 0.3) is 0 Å². The lowest BCUT2D eigenvalue weighted by molar-refractivity contribution is -0.131. The van der Waals surface area contributed by atoms with Crippen LogP contribution in [0.3, 0.4) is 0 Å². The molecule has 3 rings (SSSR count). The summed E-state index contributed by atoms with van der Waals surface area (Å²) in [6, 6.07) is 6.69. The van der Waals surface area contributed by atoms with Gasteiger partial charge < -0.3 is 10.6 Å². The molecule has 26 heavy (non-hydrogen) atoms. The zero-order valence-electron chi connectivity index (χ0n) is 14.6. The summed E-state index contributed by atoms with van der Waals surface area (Å²) >= 11 is 1.54. The van der Waals surface area contributed by atoms with Gasteiger partial charge in [-0.2, -0.15) is 0 Å². The second-order valence-corrected chi connectivity index (χ2v) is 7.39.